The molecular formula is C21H20N2. The summed E-state index contributed by atoms with van der Waals surface area (Å²) in [6.07, 6.45) is 2.87. The van der Waals surface area contributed by atoms with Crippen molar-refractivity contribution in [2.24, 2.45) is 0 Å². The van der Waals surface area contributed by atoms with Crippen LogP contribution in [0.2, 0.25) is 0 Å². The lowest BCUT2D eigenvalue weighted by molar-refractivity contribution is 0.262. The fraction of sp³-hybridized carbons (Fsp3) is 0.190. The van der Waals surface area contributed by atoms with Crippen LogP contribution in [0.25, 0.3) is 11.1 Å². The second-order valence-corrected chi connectivity index (χ2v) is 6.10. The van der Waals surface area contributed by atoms with Gasteiger partial charge < -0.3 is 0 Å². The molecule has 0 fully saturated rings. The fourth-order valence-corrected chi connectivity index (χ4v) is 3.36. The Morgan fingerprint density at radius 1 is 0.739 bits per heavy atom. The predicted molar refractivity (Wildman–Crippen MR) is 93.9 cm³/mol. The number of nitrogens with zero attached hydrogens (tertiary/aromatic N) is 2. The summed E-state index contributed by atoms with van der Waals surface area (Å²) in [7, 11) is 0. The quantitative estimate of drug-likeness (QED) is 0.716. The fourth-order valence-electron chi connectivity index (χ4n) is 3.36. The largest absolute Gasteiger partial charge is 0.294 e. The normalized spacial score (nSPS) is 13.9. The maximum atomic E-state index is 4.45. The number of fused-ring (bicyclic) bond motifs is 3. The van der Waals surface area contributed by atoms with E-state index in [9.17, 15) is 0 Å². The molecule has 1 aromatic heterocycles. The van der Waals surface area contributed by atoms with Gasteiger partial charge in [0.1, 0.15) is 0 Å². The van der Waals surface area contributed by atoms with E-state index >= 15 is 0 Å². The van der Waals surface area contributed by atoms with E-state index in [1.54, 1.807) is 0 Å². The highest BCUT2D eigenvalue weighted by Gasteiger charge is 2.18. The van der Waals surface area contributed by atoms with Crippen LogP contribution >= 0.6 is 0 Å². The standard InChI is InChI=1S/C21H20N2/c1-3-10-20-17(7-1)15-23(14-12-19-9-5-6-13-22-19)16-18-8-2-4-11-21(18)20/h1-11,13H,12,14-16H2. The summed E-state index contributed by atoms with van der Waals surface area (Å²) >= 11 is 0. The molecule has 3 aromatic rings. The van der Waals surface area contributed by atoms with E-state index in [0.717, 1.165) is 26.1 Å². The minimum Gasteiger partial charge on any atom is -0.294 e. The van der Waals surface area contributed by atoms with Crippen LogP contribution in [0.1, 0.15) is 16.8 Å². The minimum absolute atomic E-state index is 0.991. The zero-order valence-electron chi connectivity index (χ0n) is 13.2. The van der Waals surface area contributed by atoms with Crippen molar-refractivity contribution in [3.63, 3.8) is 0 Å². The molecule has 0 bridgehead atoms. The lowest BCUT2D eigenvalue weighted by Crippen LogP contribution is -2.24. The zero-order valence-corrected chi connectivity index (χ0v) is 13.2. The van der Waals surface area contributed by atoms with Gasteiger partial charge in [-0.25, -0.2) is 0 Å². The van der Waals surface area contributed by atoms with Crippen LogP contribution < -0.4 is 0 Å². The molecule has 2 nitrogen and oxygen atoms in total. The Bertz CT molecular complexity index is 748. The first-order valence-electron chi connectivity index (χ1n) is 8.18. The number of benzene rings is 2. The summed E-state index contributed by atoms with van der Waals surface area (Å²) < 4.78 is 0. The molecule has 1 aliphatic rings. The van der Waals surface area contributed by atoms with Crippen LogP contribution in [-0.2, 0) is 19.5 Å². The van der Waals surface area contributed by atoms with Gasteiger partial charge in [-0.15, -0.1) is 0 Å². The summed E-state index contributed by atoms with van der Waals surface area (Å²) in [5.41, 5.74) is 6.75. The zero-order chi connectivity index (χ0) is 15.5. The molecule has 23 heavy (non-hydrogen) atoms. The van der Waals surface area contributed by atoms with Gasteiger partial charge in [0.25, 0.3) is 0 Å². The molecule has 2 aromatic carbocycles. The van der Waals surface area contributed by atoms with E-state index < -0.39 is 0 Å². The Morgan fingerprint density at radius 3 is 1.96 bits per heavy atom. The van der Waals surface area contributed by atoms with Crippen molar-refractivity contribution < 1.29 is 0 Å². The van der Waals surface area contributed by atoms with Gasteiger partial charge >= 0.3 is 0 Å². The molecule has 0 radical (unpaired) electrons. The van der Waals surface area contributed by atoms with Crippen LogP contribution in [0.4, 0.5) is 0 Å². The highest BCUT2D eigenvalue weighted by molar-refractivity contribution is 5.71. The van der Waals surface area contributed by atoms with Crippen LogP contribution in [0.3, 0.4) is 0 Å². The number of hydrogen-bond donors (Lipinski definition) is 0. The monoisotopic (exact) mass is 300 g/mol. The molecule has 2 heteroatoms. The van der Waals surface area contributed by atoms with Gasteiger partial charge in [0, 0.05) is 37.9 Å². The second kappa shape index (κ2) is 6.35. The Morgan fingerprint density at radius 2 is 1.35 bits per heavy atom. The number of aromatic nitrogens is 1. The van der Waals surface area contributed by atoms with E-state index in [-0.39, 0.29) is 0 Å². The van der Waals surface area contributed by atoms with Gasteiger partial charge in [0.15, 0.2) is 0 Å². The lowest BCUT2D eigenvalue weighted by atomic mass is 9.97. The van der Waals surface area contributed by atoms with E-state index in [1.165, 1.54) is 27.9 Å². The second-order valence-electron chi connectivity index (χ2n) is 6.10. The summed E-state index contributed by atoms with van der Waals surface area (Å²) in [6.45, 7) is 3.02. The summed E-state index contributed by atoms with van der Waals surface area (Å²) in [5.74, 6) is 0. The lowest BCUT2D eigenvalue weighted by Gasteiger charge is -2.20. The van der Waals surface area contributed by atoms with Crippen molar-refractivity contribution in [1.29, 1.82) is 0 Å². The van der Waals surface area contributed by atoms with Crippen LogP contribution in [0, 0.1) is 0 Å². The van der Waals surface area contributed by atoms with E-state index in [1.807, 2.05) is 12.3 Å². The van der Waals surface area contributed by atoms with Crippen molar-refractivity contribution in [3.8, 4) is 11.1 Å². The van der Waals surface area contributed by atoms with Gasteiger partial charge in [0.2, 0.25) is 0 Å². The molecular weight excluding hydrogens is 280 g/mol. The maximum absolute atomic E-state index is 4.45. The average molecular weight is 300 g/mol. The minimum atomic E-state index is 0.991. The Labute approximate surface area is 137 Å². The maximum Gasteiger partial charge on any atom is 0.0416 e. The number of hydrogen-bond acceptors (Lipinski definition) is 2. The molecule has 2 heterocycles. The van der Waals surface area contributed by atoms with Crippen LogP contribution in [-0.4, -0.2) is 16.4 Å². The third-order valence-electron chi connectivity index (χ3n) is 4.52. The SMILES string of the molecule is c1ccc(CCN2Cc3ccccc3-c3ccccc3C2)nc1. The molecule has 0 unspecified atom stereocenters. The Balaban J connectivity index is 1.62. The molecule has 0 spiro atoms. The highest BCUT2D eigenvalue weighted by atomic mass is 15.1. The molecule has 0 atom stereocenters. The van der Waals surface area contributed by atoms with Crippen molar-refractivity contribution in [3.05, 3.63) is 89.7 Å². The molecule has 0 saturated carbocycles. The van der Waals surface area contributed by atoms with Crippen LogP contribution in [0.15, 0.2) is 72.9 Å². The van der Waals surface area contributed by atoms with E-state index in [0.29, 0.717) is 0 Å². The topological polar surface area (TPSA) is 16.1 Å². The number of pyridine rings is 1. The van der Waals surface area contributed by atoms with Crippen molar-refractivity contribution >= 4 is 0 Å². The molecule has 0 aliphatic carbocycles. The van der Waals surface area contributed by atoms with Crippen molar-refractivity contribution in [2.45, 2.75) is 19.5 Å². The van der Waals surface area contributed by atoms with Crippen LogP contribution in [0.5, 0.6) is 0 Å². The molecule has 0 N–H and O–H groups in total. The van der Waals surface area contributed by atoms with Crippen molar-refractivity contribution in [1.82, 2.24) is 9.88 Å². The van der Waals surface area contributed by atoms with Gasteiger partial charge in [0.05, 0.1) is 0 Å². The van der Waals surface area contributed by atoms with Gasteiger partial charge in [-0.2, -0.15) is 0 Å². The predicted octanol–water partition coefficient (Wildman–Crippen LogP) is 4.31. The average Bonchev–Trinajstić information content (AvgIpc) is 2.77. The molecule has 0 saturated heterocycles. The third kappa shape index (κ3) is 3.03. The molecule has 4 rings (SSSR count). The smallest absolute Gasteiger partial charge is 0.0416 e. The first-order chi connectivity index (χ1) is 11.4. The van der Waals surface area contributed by atoms with Gasteiger partial charge in [-0.1, -0.05) is 54.6 Å². The Kier molecular flexibility index (Phi) is 3.91. The van der Waals surface area contributed by atoms with E-state index in [2.05, 4.69) is 70.5 Å². The number of rotatable bonds is 3. The highest BCUT2D eigenvalue weighted by Crippen LogP contribution is 2.32. The molecule has 0 amide bonds. The van der Waals surface area contributed by atoms with E-state index in [4.69, 9.17) is 0 Å². The van der Waals surface area contributed by atoms with Gasteiger partial charge in [-0.05, 0) is 34.4 Å². The Hall–Kier alpha value is -2.45. The summed E-state index contributed by atoms with van der Waals surface area (Å²) in [6, 6.07) is 23.7. The molecule has 114 valence electrons. The summed E-state index contributed by atoms with van der Waals surface area (Å²) in [5, 5.41) is 0. The van der Waals surface area contributed by atoms with Gasteiger partial charge in [-0.3, -0.25) is 9.88 Å². The summed E-state index contributed by atoms with van der Waals surface area (Å²) in [4.78, 5) is 6.98. The first kappa shape index (κ1) is 14.2. The molecule has 1 aliphatic heterocycles. The first-order valence-corrected chi connectivity index (χ1v) is 8.18. The third-order valence-corrected chi connectivity index (χ3v) is 4.52. The van der Waals surface area contributed by atoms with Crippen molar-refractivity contribution in [2.75, 3.05) is 6.54 Å².